The highest BCUT2D eigenvalue weighted by atomic mass is 32.1. The molecular weight excluding hydrogens is 304 g/mol. The summed E-state index contributed by atoms with van der Waals surface area (Å²) < 4.78 is 14.3. The van der Waals surface area contributed by atoms with Gasteiger partial charge < -0.3 is 9.47 Å². The predicted molar refractivity (Wildman–Crippen MR) is 83.5 cm³/mol. The SMILES string of the molecule is CCOC(=O)c1c(CC)nsc1NC(=O)Oc1ccccc1. The fourth-order valence-corrected chi connectivity index (χ4v) is 2.62. The number of nitrogens with zero attached hydrogens (tertiary/aromatic N) is 1. The number of nitrogens with one attached hydrogen (secondary N) is 1. The molecule has 0 aliphatic rings. The van der Waals surface area contributed by atoms with Gasteiger partial charge in [0.1, 0.15) is 16.3 Å². The summed E-state index contributed by atoms with van der Waals surface area (Å²) in [5, 5.41) is 2.88. The van der Waals surface area contributed by atoms with Gasteiger partial charge in [0.25, 0.3) is 0 Å². The first-order valence-corrected chi connectivity index (χ1v) is 7.62. The second kappa shape index (κ2) is 7.56. The van der Waals surface area contributed by atoms with Gasteiger partial charge in [0, 0.05) is 0 Å². The van der Waals surface area contributed by atoms with E-state index < -0.39 is 12.1 Å². The molecule has 0 aliphatic heterocycles. The molecule has 2 rings (SSSR count). The highest BCUT2D eigenvalue weighted by Gasteiger charge is 2.23. The molecule has 1 N–H and O–H groups in total. The fraction of sp³-hybridized carbons (Fsp3) is 0.267. The van der Waals surface area contributed by atoms with Crippen molar-refractivity contribution in [1.29, 1.82) is 0 Å². The van der Waals surface area contributed by atoms with E-state index in [0.29, 0.717) is 28.4 Å². The van der Waals surface area contributed by atoms with Crippen LogP contribution in [-0.2, 0) is 11.2 Å². The molecule has 116 valence electrons. The lowest BCUT2D eigenvalue weighted by Gasteiger charge is -2.07. The standard InChI is InChI=1S/C15H16N2O4S/c1-3-11-12(14(18)20-4-2)13(22-17-11)16-15(19)21-10-8-6-5-7-9-10/h5-9H,3-4H2,1-2H3,(H,16,19). The Kier molecular flexibility index (Phi) is 5.48. The van der Waals surface area contributed by atoms with E-state index in [0.717, 1.165) is 11.5 Å². The second-order valence-corrected chi connectivity index (χ2v) is 5.01. The molecule has 0 fully saturated rings. The molecule has 1 aromatic heterocycles. The lowest BCUT2D eigenvalue weighted by molar-refractivity contribution is 0.0526. The highest BCUT2D eigenvalue weighted by Crippen LogP contribution is 2.26. The van der Waals surface area contributed by atoms with Crippen molar-refractivity contribution in [3.63, 3.8) is 0 Å². The van der Waals surface area contributed by atoms with Crippen LogP contribution in [0.25, 0.3) is 0 Å². The highest BCUT2D eigenvalue weighted by molar-refractivity contribution is 7.11. The summed E-state index contributed by atoms with van der Waals surface area (Å²) in [4.78, 5) is 23.9. The largest absolute Gasteiger partial charge is 0.462 e. The topological polar surface area (TPSA) is 77.5 Å². The number of para-hydroxylation sites is 1. The summed E-state index contributed by atoms with van der Waals surface area (Å²) in [6.45, 7) is 3.86. The Morgan fingerprint density at radius 3 is 2.59 bits per heavy atom. The van der Waals surface area contributed by atoms with Gasteiger partial charge in [-0.1, -0.05) is 25.1 Å². The zero-order chi connectivity index (χ0) is 15.9. The number of amides is 1. The minimum absolute atomic E-state index is 0.256. The van der Waals surface area contributed by atoms with Crippen molar-refractivity contribution in [3.05, 3.63) is 41.6 Å². The second-order valence-electron chi connectivity index (χ2n) is 4.23. The van der Waals surface area contributed by atoms with Crippen LogP contribution in [0.15, 0.2) is 30.3 Å². The molecule has 1 aromatic carbocycles. The summed E-state index contributed by atoms with van der Waals surface area (Å²) in [6, 6.07) is 8.66. The van der Waals surface area contributed by atoms with Crippen LogP contribution in [0.5, 0.6) is 5.75 Å². The van der Waals surface area contributed by atoms with Crippen LogP contribution in [-0.4, -0.2) is 23.0 Å². The Morgan fingerprint density at radius 2 is 1.95 bits per heavy atom. The van der Waals surface area contributed by atoms with Gasteiger partial charge in [-0.15, -0.1) is 0 Å². The number of carbonyl (C=O) groups is 2. The first kappa shape index (κ1) is 16.0. The van der Waals surface area contributed by atoms with Crippen LogP contribution in [0.4, 0.5) is 9.80 Å². The summed E-state index contributed by atoms with van der Waals surface area (Å²) in [7, 11) is 0. The molecule has 1 amide bonds. The number of aryl methyl sites for hydroxylation is 1. The van der Waals surface area contributed by atoms with Crippen LogP contribution < -0.4 is 10.1 Å². The molecule has 0 radical (unpaired) electrons. The number of esters is 1. The number of benzene rings is 1. The number of ether oxygens (including phenoxy) is 2. The Hall–Kier alpha value is -2.41. The van der Waals surface area contributed by atoms with Crippen molar-refractivity contribution in [2.45, 2.75) is 20.3 Å². The lowest BCUT2D eigenvalue weighted by Crippen LogP contribution is -2.18. The quantitative estimate of drug-likeness (QED) is 0.853. The number of aromatic nitrogens is 1. The van der Waals surface area contributed by atoms with E-state index in [9.17, 15) is 9.59 Å². The molecule has 22 heavy (non-hydrogen) atoms. The van der Waals surface area contributed by atoms with Gasteiger partial charge in [-0.05, 0) is 37.0 Å². The summed E-state index contributed by atoms with van der Waals surface area (Å²) in [6.07, 6.45) is -0.108. The molecule has 0 atom stereocenters. The summed E-state index contributed by atoms with van der Waals surface area (Å²) in [5.41, 5.74) is 0.887. The third-order valence-corrected chi connectivity index (χ3v) is 3.55. The van der Waals surface area contributed by atoms with Crippen molar-refractivity contribution in [2.24, 2.45) is 0 Å². The van der Waals surface area contributed by atoms with Crippen LogP contribution in [0.2, 0.25) is 0 Å². The van der Waals surface area contributed by atoms with Crippen LogP contribution in [0.1, 0.15) is 29.9 Å². The van der Waals surface area contributed by atoms with Crippen LogP contribution in [0.3, 0.4) is 0 Å². The molecule has 0 saturated carbocycles. The Balaban J connectivity index is 2.13. The maximum Gasteiger partial charge on any atom is 0.417 e. The van der Waals surface area contributed by atoms with E-state index >= 15 is 0 Å². The molecular formula is C15H16N2O4S. The molecule has 2 aromatic rings. The fourth-order valence-electron chi connectivity index (χ4n) is 1.78. The Labute approximate surface area is 132 Å². The number of carbonyl (C=O) groups excluding carboxylic acids is 2. The van der Waals surface area contributed by atoms with E-state index in [1.807, 2.05) is 13.0 Å². The van der Waals surface area contributed by atoms with Crippen molar-refractivity contribution in [2.75, 3.05) is 11.9 Å². The first-order chi connectivity index (χ1) is 10.7. The van der Waals surface area contributed by atoms with Gasteiger partial charge in [0.05, 0.1) is 12.3 Å². The third-order valence-electron chi connectivity index (χ3n) is 2.75. The van der Waals surface area contributed by atoms with Gasteiger partial charge in [-0.2, -0.15) is 4.37 Å². The van der Waals surface area contributed by atoms with Gasteiger partial charge in [-0.3, -0.25) is 5.32 Å². The van der Waals surface area contributed by atoms with Gasteiger partial charge in [0.15, 0.2) is 0 Å². The Morgan fingerprint density at radius 1 is 1.23 bits per heavy atom. The number of hydrogen-bond donors (Lipinski definition) is 1. The van der Waals surface area contributed by atoms with Gasteiger partial charge in [-0.25, -0.2) is 9.59 Å². The Bertz CT molecular complexity index is 655. The number of anilines is 1. The molecule has 0 aliphatic carbocycles. The maximum atomic E-state index is 12.0. The van der Waals surface area contributed by atoms with E-state index in [4.69, 9.17) is 9.47 Å². The van der Waals surface area contributed by atoms with E-state index in [1.54, 1.807) is 31.2 Å². The van der Waals surface area contributed by atoms with E-state index in [-0.39, 0.29) is 6.61 Å². The monoisotopic (exact) mass is 320 g/mol. The van der Waals surface area contributed by atoms with Gasteiger partial charge >= 0.3 is 12.1 Å². The zero-order valence-corrected chi connectivity index (χ0v) is 13.1. The molecule has 0 saturated heterocycles. The first-order valence-electron chi connectivity index (χ1n) is 6.85. The van der Waals surface area contributed by atoms with E-state index in [1.165, 1.54) is 0 Å². The minimum atomic E-state index is -0.678. The number of rotatable bonds is 5. The molecule has 0 spiro atoms. The molecule has 1 heterocycles. The van der Waals surface area contributed by atoms with Crippen molar-refractivity contribution in [3.8, 4) is 5.75 Å². The smallest absolute Gasteiger partial charge is 0.417 e. The summed E-state index contributed by atoms with van der Waals surface area (Å²) in [5.74, 6) is -0.0824. The van der Waals surface area contributed by atoms with Crippen molar-refractivity contribution < 1.29 is 19.1 Å². The van der Waals surface area contributed by atoms with Crippen LogP contribution in [0, 0.1) is 0 Å². The van der Waals surface area contributed by atoms with Gasteiger partial charge in [0.2, 0.25) is 0 Å². The lowest BCUT2D eigenvalue weighted by atomic mass is 10.2. The molecule has 0 unspecified atom stereocenters. The third kappa shape index (κ3) is 3.82. The van der Waals surface area contributed by atoms with Crippen molar-refractivity contribution in [1.82, 2.24) is 4.37 Å². The normalized spacial score (nSPS) is 10.1. The molecule has 7 heteroatoms. The van der Waals surface area contributed by atoms with Crippen LogP contribution >= 0.6 is 11.5 Å². The minimum Gasteiger partial charge on any atom is -0.462 e. The average molecular weight is 320 g/mol. The maximum absolute atomic E-state index is 12.0. The average Bonchev–Trinajstić information content (AvgIpc) is 2.91. The predicted octanol–water partition coefficient (Wildman–Crippen LogP) is 3.49. The van der Waals surface area contributed by atoms with Crippen molar-refractivity contribution >= 4 is 28.6 Å². The molecule has 0 bridgehead atoms. The number of hydrogen-bond acceptors (Lipinski definition) is 6. The summed E-state index contributed by atoms with van der Waals surface area (Å²) >= 11 is 1.03. The molecule has 6 nitrogen and oxygen atoms in total. The zero-order valence-electron chi connectivity index (χ0n) is 12.3. The van der Waals surface area contributed by atoms with E-state index in [2.05, 4.69) is 9.69 Å².